The number of sulfonamides is 1. The molecule has 1 aliphatic rings. The Morgan fingerprint density at radius 1 is 1.55 bits per heavy atom. The maximum atomic E-state index is 12.3. The van der Waals surface area contributed by atoms with Gasteiger partial charge in [0.25, 0.3) is 10.0 Å². The molecule has 1 fully saturated rings. The smallest absolute Gasteiger partial charge is 0.257 e. The summed E-state index contributed by atoms with van der Waals surface area (Å²) in [5.74, 6) is 0.259. The molecule has 1 aliphatic heterocycles. The number of aromatic amines is 1. The van der Waals surface area contributed by atoms with Gasteiger partial charge in [-0.3, -0.25) is 5.10 Å². The molecule has 114 valence electrons. The highest BCUT2D eigenvalue weighted by atomic mass is 32.2. The fourth-order valence-corrected chi connectivity index (χ4v) is 3.34. The molecular formula is C12H22N4O3S. The fourth-order valence-electron chi connectivity index (χ4n) is 2.10. The van der Waals surface area contributed by atoms with E-state index in [0.717, 1.165) is 19.4 Å². The number of hydrogen-bond acceptors (Lipinski definition) is 5. The van der Waals surface area contributed by atoms with Crippen molar-refractivity contribution in [1.82, 2.24) is 20.2 Å². The van der Waals surface area contributed by atoms with Gasteiger partial charge in [-0.15, -0.1) is 0 Å². The first kappa shape index (κ1) is 15.4. The van der Waals surface area contributed by atoms with Crippen molar-refractivity contribution in [3.05, 3.63) is 11.8 Å². The third kappa shape index (κ3) is 4.02. The standard InChI is InChI=1S/C12H22N4O3S/c1-2-4-13-7-11-8-14-16-12(11)20(17,18)15-6-10-3-5-19-9-10/h8,10,13,15H,2-7,9H2,1H3,(H,14,16). The Morgan fingerprint density at radius 3 is 3.10 bits per heavy atom. The van der Waals surface area contributed by atoms with Gasteiger partial charge in [-0.25, -0.2) is 13.1 Å². The van der Waals surface area contributed by atoms with Crippen LogP contribution in [0.5, 0.6) is 0 Å². The summed E-state index contributed by atoms with van der Waals surface area (Å²) < 4.78 is 32.4. The number of H-pyrrole nitrogens is 1. The number of nitrogens with zero attached hydrogens (tertiary/aromatic N) is 1. The lowest BCUT2D eigenvalue weighted by molar-refractivity contribution is 0.186. The van der Waals surface area contributed by atoms with Gasteiger partial charge in [0.05, 0.1) is 12.8 Å². The van der Waals surface area contributed by atoms with E-state index in [0.29, 0.717) is 31.9 Å². The van der Waals surface area contributed by atoms with Gasteiger partial charge in [-0.2, -0.15) is 5.10 Å². The Kier molecular flexibility index (Phi) is 5.53. The average Bonchev–Trinajstić information content (AvgIpc) is 3.08. The zero-order valence-corrected chi connectivity index (χ0v) is 12.5. The van der Waals surface area contributed by atoms with Gasteiger partial charge >= 0.3 is 0 Å². The predicted molar refractivity (Wildman–Crippen MR) is 74.7 cm³/mol. The minimum absolute atomic E-state index is 0.153. The zero-order valence-electron chi connectivity index (χ0n) is 11.7. The zero-order chi connectivity index (χ0) is 14.4. The van der Waals surface area contributed by atoms with E-state index in [9.17, 15) is 8.42 Å². The van der Waals surface area contributed by atoms with E-state index < -0.39 is 10.0 Å². The molecule has 1 aromatic rings. The molecule has 20 heavy (non-hydrogen) atoms. The Bertz CT molecular complexity index is 509. The molecule has 0 spiro atoms. The van der Waals surface area contributed by atoms with Crippen molar-refractivity contribution in [3.8, 4) is 0 Å². The first-order chi connectivity index (χ1) is 9.63. The monoisotopic (exact) mass is 302 g/mol. The van der Waals surface area contributed by atoms with Crippen LogP contribution in [0.4, 0.5) is 0 Å². The van der Waals surface area contributed by atoms with Gasteiger partial charge in [-0.1, -0.05) is 6.92 Å². The molecule has 0 radical (unpaired) electrons. The van der Waals surface area contributed by atoms with Gasteiger partial charge in [0, 0.05) is 25.3 Å². The van der Waals surface area contributed by atoms with Gasteiger partial charge in [-0.05, 0) is 25.3 Å². The van der Waals surface area contributed by atoms with Crippen LogP contribution in [0.1, 0.15) is 25.3 Å². The Morgan fingerprint density at radius 2 is 2.40 bits per heavy atom. The molecule has 0 saturated carbocycles. The molecule has 2 heterocycles. The number of rotatable bonds is 8. The minimum Gasteiger partial charge on any atom is -0.381 e. The Balaban J connectivity index is 1.95. The van der Waals surface area contributed by atoms with E-state index in [1.807, 2.05) is 0 Å². The molecule has 1 unspecified atom stereocenters. The quantitative estimate of drug-likeness (QED) is 0.597. The molecule has 1 aromatic heterocycles. The van der Waals surface area contributed by atoms with Gasteiger partial charge < -0.3 is 10.1 Å². The number of ether oxygens (including phenoxy) is 1. The second kappa shape index (κ2) is 7.16. The number of aromatic nitrogens is 2. The van der Waals surface area contributed by atoms with Crippen LogP contribution in [0.2, 0.25) is 0 Å². The van der Waals surface area contributed by atoms with Crippen LogP contribution in [-0.4, -0.2) is 44.9 Å². The maximum Gasteiger partial charge on any atom is 0.257 e. The summed E-state index contributed by atoms with van der Waals surface area (Å²) in [7, 11) is -3.54. The lowest BCUT2D eigenvalue weighted by atomic mass is 10.1. The van der Waals surface area contributed by atoms with E-state index in [4.69, 9.17) is 4.74 Å². The van der Waals surface area contributed by atoms with Crippen LogP contribution in [0.15, 0.2) is 11.2 Å². The van der Waals surface area contributed by atoms with Crippen molar-refractivity contribution >= 4 is 10.0 Å². The third-order valence-electron chi connectivity index (χ3n) is 3.28. The Hall–Kier alpha value is -0.960. The van der Waals surface area contributed by atoms with E-state index in [-0.39, 0.29) is 10.9 Å². The Labute approximate surface area is 119 Å². The molecule has 1 atom stereocenters. The molecule has 0 bridgehead atoms. The fraction of sp³-hybridized carbons (Fsp3) is 0.750. The summed E-state index contributed by atoms with van der Waals surface area (Å²) in [6.45, 7) is 5.14. The molecule has 0 aromatic carbocycles. The molecule has 0 aliphatic carbocycles. The van der Waals surface area contributed by atoms with Crippen LogP contribution in [-0.2, 0) is 21.3 Å². The molecule has 0 amide bonds. The van der Waals surface area contributed by atoms with Crippen molar-refractivity contribution in [2.45, 2.75) is 31.3 Å². The summed E-state index contributed by atoms with van der Waals surface area (Å²) in [4.78, 5) is 0. The average molecular weight is 302 g/mol. The van der Waals surface area contributed by atoms with Crippen LogP contribution in [0, 0.1) is 5.92 Å². The third-order valence-corrected chi connectivity index (χ3v) is 4.71. The summed E-state index contributed by atoms with van der Waals surface area (Å²) in [6.07, 6.45) is 3.45. The second-order valence-corrected chi connectivity index (χ2v) is 6.69. The highest BCUT2D eigenvalue weighted by Crippen LogP contribution is 2.14. The van der Waals surface area contributed by atoms with Gasteiger partial charge in [0.15, 0.2) is 5.03 Å². The maximum absolute atomic E-state index is 12.3. The molecule has 2 rings (SSSR count). The van der Waals surface area contributed by atoms with E-state index >= 15 is 0 Å². The molecule has 7 nitrogen and oxygen atoms in total. The molecular weight excluding hydrogens is 280 g/mol. The largest absolute Gasteiger partial charge is 0.381 e. The SMILES string of the molecule is CCCNCc1cn[nH]c1S(=O)(=O)NCC1CCOC1. The van der Waals surface area contributed by atoms with Crippen LogP contribution in [0.3, 0.4) is 0 Å². The summed E-state index contributed by atoms with van der Waals surface area (Å²) in [5.41, 5.74) is 0.661. The summed E-state index contributed by atoms with van der Waals surface area (Å²) in [6, 6.07) is 0. The molecule has 1 saturated heterocycles. The number of hydrogen-bond donors (Lipinski definition) is 3. The highest BCUT2D eigenvalue weighted by Gasteiger charge is 2.23. The summed E-state index contributed by atoms with van der Waals surface area (Å²) in [5, 5.41) is 9.74. The lowest BCUT2D eigenvalue weighted by Crippen LogP contribution is -2.31. The van der Waals surface area contributed by atoms with Crippen molar-refractivity contribution in [2.75, 3.05) is 26.3 Å². The normalized spacial score (nSPS) is 19.6. The second-order valence-electron chi connectivity index (χ2n) is 4.98. The van der Waals surface area contributed by atoms with Crippen molar-refractivity contribution in [1.29, 1.82) is 0 Å². The number of nitrogens with one attached hydrogen (secondary N) is 3. The van der Waals surface area contributed by atoms with Crippen LogP contribution < -0.4 is 10.0 Å². The van der Waals surface area contributed by atoms with Crippen molar-refractivity contribution in [3.63, 3.8) is 0 Å². The first-order valence-electron chi connectivity index (χ1n) is 6.94. The predicted octanol–water partition coefficient (Wildman–Crippen LogP) is 0.224. The van der Waals surface area contributed by atoms with Crippen LogP contribution >= 0.6 is 0 Å². The highest BCUT2D eigenvalue weighted by molar-refractivity contribution is 7.89. The molecule has 8 heteroatoms. The van der Waals surface area contributed by atoms with Gasteiger partial charge in [0.2, 0.25) is 0 Å². The minimum atomic E-state index is -3.54. The summed E-state index contributed by atoms with van der Waals surface area (Å²) >= 11 is 0. The van der Waals surface area contributed by atoms with Gasteiger partial charge in [0.1, 0.15) is 0 Å². The van der Waals surface area contributed by atoms with Crippen molar-refractivity contribution < 1.29 is 13.2 Å². The molecule has 3 N–H and O–H groups in total. The van der Waals surface area contributed by atoms with E-state index in [1.54, 1.807) is 6.20 Å². The van der Waals surface area contributed by atoms with E-state index in [2.05, 4.69) is 27.2 Å². The van der Waals surface area contributed by atoms with Crippen LogP contribution in [0.25, 0.3) is 0 Å². The van der Waals surface area contributed by atoms with E-state index in [1.165, 1.54) is 0 Å². The lowest BCUT2D eigenvalue weighted by Gasteiger charge is -2.10. The topological polar surface area (TPSA) is 96.1 Å². The first-order valence-corrected chi connectivity index (χ1v) is 8.42. The van der Waals surface area contributed by atoms with Crippen molar-refractivity contribution in [2.24, 2.45) is 5.92 Å².